The number of benzene rings is 1. The molecule has 1 saturated carbocycles. The van der Waals surface area contributed by atoms with E-state index in [9.17, 15) is 31.1 Å². The van der Waals surface area contributed by atoms with E-state index in [1.165, 1.54) is 0 Å². The van der Waals surface area contributed by atoms with Gasteiger partial charge in [0.2, 0.25) is 0 Å². The first-order chi connectivity index (χ1) is 15.5. The lowest BCUT2D eigenvalue weighted by Crippen LogP contribution is -2.54. The molecule has 0 atom stereocenters. The van der Waals surface area contributed by atoms with Gasteiger partial charge in [-0.2, -0.15) is 26.3 Å². The van der Waals surface area contributed by atoms with Crippen molar-refractivity contribution in [3.05, 3.63) is 53.5 Å². The van der Waals surface area contributed by atoms with Crippen LogP contribution in [0.3, 0.4) is 0 Å². The second-order valence-electron chi connectivity index (χ2n) is 8.01. The number of anilines is 1. The molecule has 1 amide bonds. The first-order valence-electron chi connectivity index (χ1n) is 10.1. The Morgan fingerprint density at radius 3 is 2.39 bits per heavy atom. The standard InChI is InChI=1S/C21H19F6N5O/c22-20(23,24)13-3-4-15(14(7-13)16-8-17(21(25,26)27)29-11-28-16)31-18(33)12-9-19(32-30-10-12)5-1-2-6-19/h3-4,7-9,11,30,32H,1-2,5-6,10H2,(H,31,33). The molecule has 33 heavy (non-hydrogen) atoms. The maximum absolute atomic E-state index is 13.3. The molecule has 6 nitrogen and oxygen atoms in total. The monoisotopic (exact) mass is 471 g/mol. The van der Waals surface area contributed by atoms with E-state index in [1.54, 1.807) is 0 Å². The van der Waals surface area contributed by atoms with Gasteiger partial charge in [0.15, 0.2) is 0 Å². The van der Waals surface area contributed by atoms with Crippen LogP contribution in [0.15, 0.2) is 42.2 Å². The van der Waals surface area contributed by atoms with Crippen LogP contribution in [0.1, 0.15) is 36.9 Å². The summed E-state index contributed by atoms with van der Waals surface area (Å²) in [7, 11) is 0. The summed E-state index contributed by atoms with van der Waals surface area (Å²) < 4.78 is 79.1. The fraction of sp³-hybridized carbons (Fsp3) is 0.381. The number of carbonyl (C=O) groups is 1. The molecule has 176 valence electrons. The van der Waals surface area contributed by atoms with Crippen molar-refractivity contribution in [1.82, 2.24) is 20.8 Å². The molecule has 0 bridgehead atoms. The van der Waals surface area contributed by atoms with Gasteiger partial charge in [-0.3, -0.25) is 10.2 Å². The maximum atomic E-state index is 13.3. The number of aromatic nitrogens is 2. The molecule has 1 spiro atoms. The second-order valence-corrected chi connectivity index (χ2v) is 8.01. The summed E-state index contributed by atoms with van der Waals surface area (Å²) >= 11 is 0. The Morgan fingerprint density at radius 2 is 1.73 bits per heavy atom. The lowest BCUT2D eigenvalue weighted by atomic mass is 9.93. The Balaban J connectivity index is 1.71. The highest BCUT2D eigenvalue weighted by atomic mass is 19.4. The molecule has 1 aromatic carbocycles. The highest BCUT2D eigenvalue weighted by Gasteiger charge is 2.36. The molecular weight excluding hydrogens is 452 g/mol. The van der Waals surface area contributed by atoms with Crippen LogP contribution in [0.5, 0.6) is 0 Å². The van der Waals surface area contributed by atoms with E-state index < -0.39 is 35.2 Å². The molecule has 0 radical (unpaired) electrons. The number of hydrogen-bond acceptors (Lipinski definition) is 5. The number of carbonyl (C=O) groups excluding carboxylic acids is 1. The minimum atomic E-state index is -4.82. The summed E-state index contributed by atoms with van der Waals surface area (Å²) in [5.74, 6) is -0.568. The zero-order valence-electron chi connectivity index (χ0n) is 17.1. The lowest BCUT2D eigenvalue weighted by Gasteiger charge is -2.32. The fourth-order valence-corrected chi connectivity index (χ4v) is 4.06. The molecule has 1 aliphatic carbocycles. The lowest BCUT2D eigenvalue weighted by molar-refractivity contribution is -0.141. The maximum Gasteiger partial charge on any atom is 0.433 e. The molecule has 4 rings (SSSR count). The zero-order valence-corrected chi connectivity index (χ0v) is 17.1. The van der Waals surface area contributed by atoms with Gasteiger partial charge in [-0.05, 0) is 37.1 Å². The van der Waals surface area contributed by atoms with Crippen molar-refractivity contribution < 1.29 is 31.1 Å². The van der Waals surface area contributed by atoms with Gasteiger partial charge >= 0.3 is 12.4 Å². The summed E-state index contributed by atoms with van der Waals surface area (Å²) in [6.45, 7) is 0.176. The van der Waals surface area contributed by atoms with Crippen molar-refractivity contribution in [2.75, 3.05) is 11.9 Å². The van der Waals surface area contributed by atoms with Crippen molar-refractivity contribution in [3.63, 3.8) is 0 Å². The van der Waals surface area contributed by atoms with E-state index in [0.717, 1.165) is 37.8 Å². The molecule has 2 heterocycles. The SMILES string of the molecule is O=C(Nc1ccc(C(F)(F)F)cc1-c1cc(C(F)(F)F)ncn1)C1=CC2(CCCC2)NNC1. The Hall–Kier alpha value is -2.99. The smallest absolute Gasteiger partial charge is 0.322 e. The average molecular weight is 471 g/mol. The van der Waals surface area contributed by atoms with Crippen molar-refractivity contribution in [1.29, 1.82) is 0 Å². The van der Waals surface area contributed by atoms with Crippen LogP contribution in [0.2, 0.25) is 0 Å². The molecule has 1 fully saturated rings. The number of hydrazine groups is 1. The van der Waals surface area contributed by atoms with Crippen LogP contribution >= 0.6 is 0 Å². The third-order valence-electron chi connectivity index (χ3n) is 5.68. The quantitative estimate of drug-likeness (QED) is 0.576. The predicted molar refractivity (Wildman–Crippen MR) is 107 cm³/mol. The number of amides is 1. The Bertz CT molecular complexity index is 1090. The van der Waals surface area contributed by atoms with Crippen LogP contribution in [0.4, 0.5) is 32.0 Å². The molecule has 1 aliphatic heterocycles. The van der Waals surface area contributed by atoms with Crippen LogP contribution in [0.25, 0.3) is 11.3 Å². The number of nitrogens with one attached hydrogen (secondary N) is 3. The van der Waals surface area contributed by atoms with Crippen molar-refractivity contribution in [3.8, 4) is 11.3 Å². The predicted octanol–water partition coefficient (Wildman–Crippen LogP) is 4.47. The van der Waals surface area contributed by atoms with Gasteiger partial charge in [0.1, 0.15) is 12.0 Å². The van der Waals surface area contributed by atoms with Gasteiger partial charge in [-0.15, -0.1) is 0 Å². The zero-order chi connectivity index (χ0) is 23.9. The van der Waals surface area contributed by atoms with Gasteiger partial charge in [-0.1, -0.05) is 18.9 Å². The summed E-state index contributed by atoms with van der Waals surface area (Å²) in [6, 6.07) is 2.96. The van der Waals surface area contributed by atoms with Gasteiger partial charge < -0.3 is 5.32 Å². The molecular formula is C21H19F6N5O. The van der Waals surface area contributed by atoms with Gasteiger partial charge in [0.05, 0.1) is 22.5 Å². The van der Waals surface area contributed by atoms with Gasteiger partial charge in [0.25, 0.3) is 5.91 Å². The molecule has 2 aliphatic rings. The van der Waals surface area contributed by atoms with E-state index >= 15 is 0 Å². The van der Waals surface area contributed by atoms with E-state index in [-0.39, 0.29) is 23.3 Å². The normalized spacial score (nSPS) is 18.3. The molecule has 1 aromatic heterocycles. The first kappa shape index (κ1) is 23.2. The minimum Gasteiger partial charge on any atom is -0.322 e. The van der Waals surface area contributed by atoms with Crippen LogP contribution in [-0.4, -0.2) is 28.0 Å². The Morgan fingerprint density at radius 1 is 1.00 bits per heavy atom. The Labute approximate surface area is 184 Å². The highest BCUT2D eigenvalue weighted by molar-refractivity contribution is 6.06. The van der Waals surface area contributed by atoms with E-state index in [0.29, 0.717) is 24.0 Å². The molecule has 2 aromatic rings. The van der Waals surface area contributed by atoms with Crippen LogP contribution in [-0.2, 0) is 17.1 Å². The minimum absolute atomic E-state index is 0.0975. The largest absolute Gasteiger partial charge is 0.433 e. The van der Waals surface area contributed by atoms with Crippen molar-refractivity contribution >= 4 is 11.6 Å². The summed E-state index contributed by atoms with van der Waals surface area (Å²) in [5.41, 5.74) is 2.94. The van der Waals surface area contributed by atoms with Crippen LogP contribution < -0.4 is 16.2 Å². The first-order valence-corrected chi connectivity index (χ1v) is 10.1. The van der Waals surface area contributed by atoms with Gasteiger partial charge in [0, 0.05) is 17.7 Å². The van der Waals surface area contributed by atoms with E-state index in [2.05, 4.69) is 26.1 Å². The summed E-state index contributed by atoms with van der Waals surface area (Å²) in [4.78, 5) is 19.8. The van der Waals surface area contributed by atoms with Gasteiger partial charge in [-0.25, -0.2) is 15.4 Å². The molecule has 0 saturated heterocycles. The van der Waals surface area contributed by atoms with Crippen molar-refractivity contribution in [2.45, 2.75) is 43.6 Å². The van der Waals surface area contributed by atoms with E-state index in [4.69, 9.17) is 0 Å². The Kier molecular flexibility index (Phi) is 5.91. The molecule has 3 N–H and O–H groups in total. The topological polar surface area (TPSA) is 78.9 Å². The molecule has 12 heteroatoms. The van der Waals surface area contributed by atoms with E-state index in [1.807, 2.05) is 6.08 Å². The number of alkyl halides is 6. The number of hydrogen-bond donors (Lipinski definition) is 3. The summed E-state index contributed by atoms with van der Waals surface area (Å²) in [6.07, 6.45) is -3.52. The molecule has 0 unspecified atom stereocenters. The fourth-order valence-electron chi connectivity index (χ4n) is 4.06. The second kappa shape index (κ2) is 8.41. The highest BCUT2D eigenvalue weighted by Crippen LogP contribution is 2.38. The average Bonchev–Trinajstić information content (AvgIpc) is 3.20. The van der Waals surface area contributed by atoms with Crippen LogP contribution in [0, 0.1) is 0 Å². The third-order valence-corrected chi connectivity index (χ3v) is 5.68. The summed E-state index contributed by atoms with van der Waals surface area (Å²) in [5, 5.41) is 2.54. The number of rotatable bonds is 3. The number of halogens is 6. The van der Waals surface area contributed by atoms with Crippen molar-refractivity contribution in [2.24, 2.45) is 0 Å². The third kappa shape index (κ3) is 5.01. The number of nitrogens with zero attached hydrogens (tertiary/aromatic N) is 2.